The Morgan fingerprint density at radius 1 is 1.18 bits per heavy atom. The van der Waals surface area contributed by atoms with E-state index < -0.39 is 0 Å². The molecule has 1 N–H and O–H groups in total. The van der Waals surface area contributed by atoms with Gasteiger partial charge in [-0.2, -0.15) is 0 Å². The number of nitrogens with zero attached hydrogens (tertiary/aromatic N) is 1. The molecule has 1 saturated heterocycles. The third-order valence-corrected chi connectivity index (χ3v) is 5.50. The van der Waals surface area contributed by atoms with Gasteiger partial charge in [-0.1, -0.05) is 41.9 Å². The Morgan fingerprint density at radius 3 is 2.54 bits per heavy atom. The third-order valence-electron chi connectivity index (χ3n) is 5.25. The molecule has 5 heteroatoms. The van der Waals surface area contributed by atoms with E-state index in [1.54, 1.807) is 0 Å². The van der Waals surface area contributed by atoms with Crippen LogP contribution in [-0.2, 0) is 11.3 Å². The Labute approximate surface area is 172 Å². The number of carbonyl (C=O) groups excluding carboxylic acids is 1. The lowest BCUT2D eigenvalue weighted by Crippen LogP contribution is -2.44. The summed E-state index contributed by atoms with van der Waals surface area (Å²) in [5, 5.41) is 3.88. The van der Waals surface area contributed by atoms with Crippen molar-refractivity contribution in [1.29, 1.82) is 0 Å². The highest BCUT2D eigenvalue weighted by Gasteiger charge is 2.25. The van der Waals surface area contributed by atoms with Crippen LogP contribution in [0.1, 0.15) is 30.9 Å². The van der Waals surface area contributed by atoms with Crippen LogP contribution in [0.25, 0.3) is 0 Å². The standard InChI is InChI=1S/C23H29ClN2O2/c1-17-5-3-4-6-22(17)28-16-18(2)25-23(27)20-11-13-26(14-12-20)15-19-7-9-21(24)10-8-19/h3-10,18,20H,11-16H2,1-2H3,(H,25,27)/t18-/m0/s1. The molecular weight excluding hydrogens is 372 g/mol. The number of aryl methyl sites for hydroxylation is 1. The number of nitrogens with one attached hydrogen (secondary N) is 1. The van der Waals surface area contributed by atoms with Crippen molar-refractivity contribution in [2.24, 2.45) is 5.92 Å². The summed E-state index contributed by atoms with van der Waals surface area (Å²) in [6, 6.07) is 15.9. The van der Waals surface area contributed by atoms with E-state index in [0.29, 0.717) is 6.61 Å². The Hall–Kier alpha value is -2.04. The van der Waals surface area contributed by atoms with E-state index in [2.05, 4.69) is 22.3 Å². The number of para-hydroxylation sites is 1. The van der Waals surface area contributed by atoms with E-state index in [1.807, 2.05) is 50.2 Å². The predicted molar refractivity (Wildman–Crippen MR) is 114 cm³/mol. The maximum atomic E-state index is 12.6. The molecule has 1 amide bonds. The highest BCUT2D eigenvalue weighted by atomic mass is 35.5. The second kappa shape index (κ2) is 9.94. The molecular formula is C23H29ClN2O2. The second-order valence-corrected chi connectivity index (χ2v) is 8.10. The van der Waals surface area contributed by atoms with Crippen LogP contribution >= 0.6 is 11.6 Å². The largest absolute Gasteiger partial charge is 0.491 e. The van der Waals surface area contributed by atoms with E-state index in [1.165, 1.54) is 5.56 Å². The van der Waals surface area contributed by atoms with Gasteiger partial charge < -0.3 is 10.1 Å². The number of hydrogen-bond acceptors (Lipinski definition) is 3. The fourth-order valence-corrected chi connectivity index (χ4v) is 3.66. The Bertz CT molecular complexity index is 770. The fourth-order valence-electron chi connectivity index (χ4n) is 3.54. The van der Waals surface area contributed by atoms with Gasteiger partial charge in [0.15, 0.2) is 0 Å². The molecule has 1 aliphatic rings. The first-order chi connectivity index (χ1) is 13.5. The smallest absolute Gasteiger partial charge is 0.223 e. The first-order valence-electron chi connectivity index (χ1n) is 9.97. The van der Waals surface area contributed by atoms with Crippen LogP contribution in [0, 0.1) is 12.8 Å². The number of hydrogen-bond donors (Lipinski definition) is 1. The third kappa shape index (κ3) is 5.98. The number of carbonyl (C=O) groups is 1. The molecule has 1 aliphatic heterocycles. The molecule has 2 aromatic carbocycles. The van der Waals surface area contributed by atoms with Crippen molar-refractivity contribution in [2.75, 3.05) is 19.7 Å². The molecule has 0 aliphatic carbocycles. The lowest BCUT2D eigenvalue weighted by Gasteiger charge is -2.32. The van der Waals surface area contributed by atoms with Gasteiger partial charge in [0.25, 0.3) is 0 Å². The molecule has 0 unspecified atom stereocenters. The molecule has 0 spiro atoms. The minimum atomic E-state index is -0.0146. The molecule has 0 saturated carbocycles. The van der Waals surface area contributed by atoms with Gasteiger partial charge >= 0.3 is 0 Å². The Kier molecular flexibility index (Phi) is 7.35. The van der Waals surface area contributed by atoms with Crippen molar-refractivity contribution < 1.29 is 9.53 Å². The average molecular weight is 401 g/mol. The van der Waals surface area contributed by atoms with Gasteiger partial charge in [0, 0.05) is 17.5 Å². The van der Waals surface area contributed by atoms with Gasteiger partial charge in [0.05, 0.1) is 6.04 Å². The van der Waals surface area contributed by atoms with Gasteiger partial charge in [-0.05, 0) is 69.1 Å². The minimum Gasteiger partial charge on any atom is -0.491 e. The maximum absolute atomic E-state index is 12.6. The van der Waals surface area contributed by atoms with Gasteiger partial charge in [-0.3, -0.25) is 9.69 Å². The molecule has 1 fully saturated rings. The first kappa shape index (κ1) is 20.7. The van der Waals surface area contributed by atoms with Crippen LogP contribution in [0.2, 0.25) is 5.02 Å². The fraction of sp³-hybridized carbons (Fsp3) is 0.435. The summed E-state index contributed by atoms with van der Waals surface area (Å²) in [5.41, 5.74) is 2.36. The first-order valence-corrected chi connectivity index (χ1v) is 10.3. The van der Waals surface area contributed by atoms with Crippen molar-refractivity contribution in [3.63, 3.8) is 0 Å². The molecule has 4 nitrogen and oxygen atoms in total. The zero-order valence-corrected chi connectivity index (χ0v) is 17.4. The van der Waals surface area contributed by atoms with Crippen molar-refractivity contribution in [2.45, 2.75) is 39.3 Å². The number of amides is 1. The van der Waals surface area contributed by atoms with Crippen LogP contribution in [-0.4, -0.2) is 36.5 Å². The Balaban J connectivity index is 1.39. The van der Waals surface area contributed by atoms with E-state index >= 15 is 0 Å². The summed E-state index contributed by atoms with van der Waals surface area (Å²) in [7, 11) is 0. The number of likely N-dealkylation sites (tertiary alicyclic amines) is 1. The van der Waals surface area contributed by atoms with Gasteiger partial charge in [-0.25, -0.2) is 0 Å². The van der Waals surface area contributed by atoms with E-state index in [9.17, 15) is 4.79 Å². The van der Waals surface area contributed by atoms with Crippen LogP contribution in [0.3, 0.4) is 0 Å². The number of ether oxygens (including phenoxy) is 1. The molecule has 1 atom stereocenters. The normalized spacial score (nSPS) is 16.5. The molecule has 150 valence electrons. The van der Waals surface area contributed by atoms with Crippen molar-refractivity contribution >= 4 is 17.5 Å². The summed E-state index contributed by atoms with van der Waals surface area (Å²) < 4.78 is 5.85. The number of benzene rings is 2. The highest BCUT2D eigenvalue weighted by Crippen LogP contribution is 2.20. The van der Waals surface area contributed by atoms with Crippen molar-refractivity contribution in [3.8, 4) is 5.75 Å². The summed E-state index contributed by atoms with van der Waals surface area (Å²) in [5.74, 6) is 1.11. The second-order valence-electron chi connectivity index (χ2n) is 7.66. The Morgan fingerprint density at radius 2 is 1.86 bits per heavy atom. The average Bonchev–Trinajstić information content (AvgIpc) is 2.69. The number of rotatable bonds is 7. The summed E-state index contributed by atoms with van der Waals surface area (Å²) >= 11 is 5.95. The van der Waals surface area contributed by atoms with Crippen LogP contribution in [0.5, 0.6) is 5.75 Å². The molecule has 3 rings (SSSR count). The quantitative estimate of drug-likeness (QED) is 0.746. The van der Waals surface area contributed by atoms with E-state index in [4.69, 9.17) is 16.3 Å². The minimum absolute atomic E-state index is 0.0146. The lowest BCUT2D eigenvalue weighted by atomic mass is 9.95. The highest BCUT2D eigenvalue weighted by molar-refractivity contribution is 6.30. The van der Waals surface area contributed by atoms with Gasteiger partial charge in [-0.15, -0.1) is 0 Å². The van der Waals surface area contributed by atoms with Gasteiger partial charge in [0.1, 0.15) is 12.4 Å². The molecule has 2 aromatic rings. The molecule has 28 heavy (non-hydrogen) atoms. The van der Waals surface area contributed by atoms with Crippen molar-refractivity contribution in [3.05, 3.63) is 64.7 Å². The SMILES string of the molecule is Cc1ccccc1OC[C@H](C)NC(=O)C1CCN(Cc2ccc(Cl)cc2)CC1. The maximum Gasteiger partial charge on any atom is 0.223 e. The van der Waals surface area contributed by atoms with Crippen LogP contribution in [0.4, 0.5) is 0 Å². The monoisotopic (exact) mass is 400 g/mol. The topological polar surface area (TPSA) is 41.6 Å². The van der Waals surface area contributed by atoms with Gasteiger partial charge in [0.2, 0.25) is 5.91 Å². The van der Waals surface area contributed by atoms with Crippen LogP contribution in [0.15, 0.2) is 48.5 Å². The van der Waals surface area contributed by atoms with Crippen molar-refractivity contribution in [1.82, 2.24) is 10.2 Å². The summed E-state index contributed by atoms with van der Waals surface area (Å²) in [4.78, 5) is 15.0. The molecule has 0 radical (unpaired) electrons. The summed E-state index contributed by atoms with van der Waals surface area (Å²) in [6.07, 6.45) is 1.79. The zero-order valence-electron chi connectivity index (χ0n) is 16.7. The molecule has 0 bridgehead atoms. The van der Waals surface area contributed by atoms with E-state index in [0.717, 1.165) is 48.8 Å². The van der Waals surface area contributed by atoms with E-state index in [-0.39, 0.29) is 17.9 Å². The zero-order chi connectivity index (χ0) is 19.9. The lowest BCUT2D eigenvalue weighted by molar-refractivity contribution is -0.127. The number of piperidine rings is 1. The van der Waals surface area contributed by atoms with Crippen LogP contribution < -0.4 is 10.1 Å². The predicted octanol–water partition coefficient (Wildman–Crippen LogP) is 4.44. The molecule has 0 aromatic heterocycles. The summed E-state index contributed by atoms with van der Waals surface area (Å²) in [6.45, 7) is 7.28. The molecule has 1 heterocycles. The number of halogens is 1.